The van der Waals surface area contributed by atoms with E-state index in [2.05, 4.69) is 0 Å². The zero-order valence-electron chi connectivity index (χ0n) is 8.53. The van der Waals surface area contributed by atoms with Crippen LogP contribution in [0.1, 0.15) is 18.9 Å². The molecule has 0 atom stereocenters. The first-order valence-electron chi connectivity index (χ1n) is 4.89. The Labute approximate surface area is 88.3 Å². The minimum absolute atomic E-state index is 0.275. The minimum atomic E-state index is 0.275. The second kappa shape index (κ2) is 4.17. The molecule has 3 nitrogen and oxygen atoms in total. The summed E-state index contributed by atoms with van der Waals surface area (Å²) in [4.78, 5) is 10.6. The van der Waals surface area contributed by atoms with Gasteiger partial charge in [-0.15, -0.1) is 0 Å². The van der Waals surface area contributed by atoms with Gasteiger partial charge in [0.05, 0.1) is 0 Å². The first kappa shape index (κ1) is 9.77. The second-order valence-corrected chi connectivity index (χ2v) is 3.30. The van der Waals surface area contributed by atoms with Gasteiger partial charge in [0.1, 0.15) is 6.29 Å². The molecule has 0 unspecified atom stereocenters. The van der Waals surface area contributed by atoms with E-state index < -0.39 is 0 Å². The van der Waals surface area contributed by atoms with Crippen LogP contribution in [0.5, 0.6) is 11.5 Å². The molecule has 1 heterocycles. The van der Waals surface area contributed by atoms with Crippen LogP contribution in [0.4, 0.5) is 0 Å². The smallest absolute Gasteiger partial charge is 0.231 e. The lowest BCUT2D eigenvalue weighted by atomic mass is 10.1. The van der Waals surface area contributed by atoms with E-state index in [1.807, 2.05) is 31.2 Å². The fraction of sp³-hybridized carbons (Fsp3) is 0.250. The number of allylic oxidation sites excluding steroid dienone is 1. The van der Waals surface area contributed by atoms with Crippen molar-refractivity contribution in [3.63, 3.8) is 0 Å². The summed E-state index contributed by atoms with van der Waals surface area (Å²) in [5, 5.41) is 0. The lowest BCUT2D eigenvalue weighted by Gasteiger charge is -1.99. The van der Waals surface area contributed by atoms with E-state index in [0.717, 1.165) is 35.3 Å². The summed E-state index contributed by atoms with van der Waals surface area (Å²) in [5.41, 5.74) is 1.73. The van der Waals surface area contributed by atoms with E-state index in [-0.39, 0.29) is 6.79 Å². The molecule has 0 amide bonds. The Bertz CT molecular complexity index is 407. The zero-order chi connectivity index (χ0) is 10.7. The van der Waals surface area contributed by atoms with E-state index in [4.69, 9.17) is 9.47 Å². The fourth-order valence-electron chi connectivity index (χ4n) is 1.44. The molecule has 0 saturated carbocycles. The van der Waals surface area contributed by atoms with E-state index in [1.165, 1.54) is 0 Å². The third-order valence-electron chi connectivity index (χ3n) is 2.31. The summed E-state index contributed by atoms with van der Waals surface area (Å²) < 4.78 is 10.4. The minimum Gasteiger partial charge on any atom is -0.454 e. The van der Waals surface area contributed by atoms with E-state index in [9.17, 15) is 4.79 Å². The first-order chi connectivity index (χ1) is 7.33. The van der Waals surface area contributed by atoms with E-state index in [0.29, 0.717) is 0 Å². The molecule has 1 aliphatic rings. The summed E-state index contributed by atoms with van der Waals surface area (Å²) in [6.45, 7) is 2.23. The highest BCUT2D eigenvalue weighted by atomic mass is 16.7. The quantitative estimate of drug-likeness (QED) is 0.560. The topological polar surface area (TPSA) is 35.5 Å². The molecule has 0 spiro atoms. The number of carbonyl (C=O) groups is 1. The number of carbonyl (C=O) groups excluding carboxylic acids is 1. The maximum atomic E-state index is 10.6. The molecular formula is C12H12O3. The normalized spacial score (nSPS) is 14.1. The van der Waals surface area contributed by atoms with Gasteiger partial charge < -0.3 is 9.47 Å². The van der Waals surface area contributed by atoms with Gasteiger partial charge in [0.15, 0.2) is 11.5 Å². The molecule has 0 saturated heterocycles. The molecule has 15 heavy (non-hydrogen) atoms. The predicted molar refractivity (Wildman–Crippen MR) is 56.9 cm³/mol. The van der Waals surface area contributed by atoms with Crippen molar-refractivity contribution >= 4 is 12.4 Å². The van der Waals surface area contributed by atoms with Crippen molar-refractivity contribution in [3.05, 3.63) is 29.3 Å². The van der Waals surface area contributed by atoms with Gasteiger partial charge in [0.2, 0.25) is 6.79 Å². The number of rotatable bonds is 3. The van der Waals surface area contributed by atoms with Gasteiger partial charge in [0, 0.05) is 0 Å². The highest BCUT2D eigenvalue weighted by molar-refractivity contribution is 5.81. The van der Waals surface area contributed by atoms with Crippen LogP contribution < -0.4 is 9.47 Å². The van der Waals surface area contributed by atoms with Gasteiger partial charge >= 0.3 is 0 Å². The monoisotopic (exact) mass is 204 g/mol. The van der Waals surface area contributed by atoms with Gasteiger partial charge in [-0.05, 0) is 35.8 Å². The number of aldehydes is 1. The van der Waals surface area contributed by atoms with Crippen LogP contribution in [-0.4, -0.2) is 13.1 Å². The number of benzene rings is 1. The summed E-state index contributed by atoms with van der Waals surface area (Å²) in [5.74, 6) is 1.50. The third-order valence-corrected chi connectivity index (χ3v) is 2.31. The van der Waals surface area contributed by atoms with Gasteiger partial charge in [-0.2, -0.15) is 0 Å². The molecule has 1 aromatic carbocycles. The van der Waals surface area contributed by atoms with Crippen LogP contribution in [0.25, 0.3) is 6.08 Å². The molecule has 0 aromatic heterocycles. The summed E-state index contributed by atoms with van der Waals surface area (Å²) >= 11 is 0. The average molecular weight is 204 g/mol. The van der Waals surface area contributed by atoms with Crippen molar-refractivity contribution in [3.8, 4) is 11.5 Å². The van der Waals surface area contributed by atoms with Gasteiger partial charge in [-0.1, -0.05) is 13.0 Å². The third kappa shape index (κ3) is 2.01. The highest BCUT2D eigenvalue weighted by Crippen LogP contribution is 2.33. The molecule has 0 bridgehead atoms. The Hall–Kier alpha value is -1.77. The van der Waals surface area contributed by atoms with Crippen LogP contribution in [0, 0.1) is 0 Å². The Morgan fingerprint density at radius 1 is 1.40 bits per heavy atom. The molecular weight excluding hydrogens is 192 g/mol. The molecule has 1 aromatic rings. The van der Waals surface area contributed by atoms with Crippen molar-refractivity contribution < 1.29 is 14.3 Å². The standard InChI is InChI=1S/C12H12O3/c1-2-9(7-13)5-10-3-4-11-12(6-10)15-8-14-11/h3-7H,2,8H2,1H3. The SMILES string of the molecule is CCC(C=O)=Cc1ccc2c(c1)OCO2. The second-order valence-electron chi connectivity index (χ2n) is 3.30. The summed E-state index contributed by atoms with van der Waals surface area (Å²) in [7, 11) is 0. The Balaban J connectivity index is 2.30. The number of ether oxygens (including phenoxy) is 2. The molecule has 0 N–H and O–H groups in total. The van der Waals surface area contributed by atoms with Crippen molar-refractivity contribution in [2.75, 3.05) is 6.79 Å². The lowest BCUT2D eigenvalue weighted by Crippen LogP contribution is -1.92. The Kier molecular flexibility index (Phi) is 2.72. The van der Waals surface area contributed by atoms with Crippen LogP contribution in [0.3, 0.4) is 0 Å². The average Bonchev–Trinajstić information content (AvgIpc) is 2.73. The van der Waals surface area contributed by atoms with Gasteiger partial charge in [-0.3, -0.25) is 4.79 Å². The number of hydrogen-bond donors (Lipinski definition) is 0. The predicted octanol–water partition coefficient (Wildman–Crippen LogP) is 2.41. The van der Waals surface area contributed by atoms with Crippen molar-refractivity contribution in [1.29, 1.82) is 0 Å². The maximum Gasteiger partial charge on any atom is 0.231 e. The zero-order valence-corrected chi connectivity index (χ0v) is 8.53. The van der Waals surface area contributed by atoms with Crippen LogP contribution >= 0.6 is 0 Å². The highest BCUT2D eigenvalue weighted by Gasteiger charge is 2.12. The van der Waals surface area contributed by atoms with Gasteiger partial charge in [0.25, 0.3) is 0 Å². The maximum absolute atomic E-state index is 10.6. The van der Waals surface area contributed by atoms with Crippen molar-refractivity contribution in [2.45, 2.75) is 13.3 Å². The summed E-state index contributed by atoms with van der Waals surface area (Å²) in [6, 6.07) is 5.64. The van der Waals surface area contributed by atoms with Crippen LogP contribution in [0.15, 0.2) is 23.8 Å². The largest absolute Gasteiger partial charge is 0.454 e. The van der Waals surface area contributed by atoms with Crippen molar-refractivity contribution in [1.82, 2.24) is 0 Å². The molecule has 78 valence electrons. The van der Waals surface area contributed by atoms with E-state index >= 15 is 0 Å². The Morgan fingerprint density at radius 2 is 2.20 bits per heavy atom. The molecule has 0 radical (unpaired) electrons. The molecule has 2 rings (SSSR count). The number of hydrogen-bond acceptors (Lipinski definition) is 3. The van der Waals surface area contributed by atoms with E-state index in [1.54, 1.807) is 0 Å². The van der Waals surface area contributed by atoms with Crippen LogP contribution in [0.2, 0.25) is 0 Å². The Morgan fingerprint density at radius 3 is 2.93 bits per heavy atom. The summed E-state index contributed by atoms with van der Waals surface area (Å²) in [6.07, 6.45) is 3.47. The van der Waals surface area contributed by atoms with Gasteiger partial charge in [-0.25, -0.2) is 0 Å². The van der Waals surface area contributed by atoms with Crippen LogP contribution in [-0.2, 0) is 4.79 Å². The molecule has 0 fully saturated rings. The first-order valence-corrected chi connectivity index (χ1v) is 4.89. The number of fused-ring (bicyclic) bond motifs is 1. The van der Waals surface area contributed by atoms with Crippen molar-refractivity contribution in [2.24, 2.45) is 0 Å². The fourth-order valence-corrected chi connectivity index (χ4v) is 1.44. The molecule has 1 aliphatic heterocycles. The molecule has 3 heteroatoms. The molecule has 0 aliphatic carbocycles. The lowest BCUT2D eigenvalue weighted by molar-refractivity contribution is -0.104.